The minimum atomic E-state index is -0.628. The van der Waals surface area contributed by atoms with Crippen LogP contribution >= 0.6 is 0 Å². The van der Waals surface area contributed by atoms with Crippen LogP contribution in [0.5, 0.6) is 0 Å². The molecule has 1 saturated carbocycles. The molecule has 1 aliphatic heterocycles. The molecule has 14 heavy (non-hydrogen) atoms. The van der Waals surface area contributed by atoms with Gasteiger partial charge in [0, 0.05) is 6.42 Å². The van der Waals surface area contributed by atoms with Crippen LogP contribution in [0.3, 0.4) is 0 Å². The standard InChI is InChI=1S/C12H20O2/c13-12(11-7-6-10-14-11)8-4-2-1-3-5-9-12/h7,13H,1-6,8-10H2. The van der Waals surface area contributed by atoms with E-state index in [9.17, 15) is 5.11 Å². The SMILES string of the molecule is OC1(C2=CCCO2)CCCCCCC1. The van der Waals surface area contributed by atoms with E-state index in [4.69, 9.17) is 4.74 Å². The van der Waals surface area contributed by atoms with E-state index in [0.717, 1.165) is 44.5 Å². The van der Waals surface area contributed by atoms with E-state index in [1.165, 1.54) is 19.3 Å². The van der Waals surface area contributed by atoms with Gasteiger partial charge in [-0.2, -0.15) is 0 Å². The van der Waals surface area contributed by atoms with Gasteiger partial charge in [-0.3, -0.25) is 0 Å². The van der Waals surface area contributed by atoms with E-state index in [1.807, 2.05) is 0 Å². The molecular weight excluding hydrogens is 176 g/mol. The van der Waals surface area contributed by atoms with Crippen LogP contribution in [-0.4, -0.2) is 17.3 Å². The Morgan fingerprint density at radius 3 is 2.29 bits per heavy atom. The number of aliphatic hydroxyl groups is 1. The van der Waals surface area contributed by atoms with Gasteiger partial charge in [0.05, 0.1) is 6.61 Å². The largest absolute Gasteiger partial charge is 0.495 e. The van der Waals surface area contributed by atoms with Gasteiger partial charge in [0.15, 0.2) is 0 Å². The fourth-order valence-corrected chi connectivity index (χ4v) is 2.48. The highest BCUT2D eigenvalue weighted by Gasteiger charge is 2.34. The summed E-state index contributed by atoms with van der Waals surface area (Å²) in [5.74, 6) is 0.861. The van der Waals surface area contributed by atoms with Crippen molar-refractivity contribution in [2.75, 3.05) is 6.61 Å². The average molecular weight is 196 g/mol. The molecule has 0 saturated heterocycles. The van der Waals surface area contributed by atoms with Gasteiger partial charge in [-0.05, 0) is 18.9 Å². The maximum absolute atomic E-state index is 10.5. The Kier molecular flexibility index (Phi) is 3.12. The summed E-state index contributed by atoms with van der Waals surface area (Å²) in [5, 5.41) is 10.5. The van der Waals surface area contributed by atoms with Gasteiger partial charge in [-0.1, -0.05) is 32.1 Å². The van der Waals surface area contributed by atoms with Crippen LogP contribution < -0.4 is 0 Å². The topological polar surface area (TPSA) is 29.5 Å². The molecule has 2 nitrogen and oxygen atoms in total. The van der Waals surface area contributed by atoms with Crippen molar-refractivity contribution in [1.29, 1.82) is 0 Å². The minimum absolute atomic E-state index is 0.628. The van der Waals surface area contributed by atoms with Crippen molar-refractivity contribution in [1.82, 2.24) is 0 Å². The molecule has 0 unspecified atom stereocenters. The second-order valence-corrected chi connectivity index (χ2v) is 4.50. The van der Waals surface area contributed by atoms with E-state index in [1.54, 1.807) is 0 Å². The Hall–Kier alpha value is -0.500. The predicted octanol–water partition coefficient (Wildman–Crippen LogP) is 2.77. The Morgan fingerprint density at radius 2 is 1.71 bits per heavy atom. The average Bonchev–Trinajstić information content (AvgIpc) is 2.65. The molecule has 0 radical (unpaired) electrons. The molecule has 2 rings (SSSR count). The molecule has 0 aromatic carbocycles. The quantitative estimate of drug-likeness (QED) is 0.698. The Morgan fingerprint density at radius 1 is 1.07 bits per heavy atom. The monoisotopic (exact) mass is 196 g/mol. The lowest BCUT2D eigenvalue weighted by Gasteiger charge is -2.30. The van der Waals surface area contributed by atoms with Gasteiger partial charge in [0.25, 0.3) is 0 Å². The van der Waals surface area contributed by atoms with E-state index in [0.29, 0.717) is 0 Å². The van der Waals surface area contributed by atoms with Crippen molar-refractivity contribution in [2.24, 2.45) is 0 Å². The van der Waals surface area contributed by atoms with Crippen molar-refractivity contribution < 1.29 is 9.84 Å². The molecule has 0 aromatic heterocycles. The molecule has 2 aliphatic rings. The number of rotatable bonds is 1. The van der Waals surface area contributed by atoms with E-state index in [-0.39, 0.29) is 0 Å². The van der Waals surface area contributed by atoms with Crippen LogP contribution in [-0.2, 0) is 4.74 Å². The van der Waals surface area contributed by atoms with Gasteiger partial charge in [0.2, 0.25) is 0 Å². The van der Waals surface area contributed by atoms with Crippen LogP contribution in [0.4, 0.5) is 0 Å². The Labute approximate surface area is 86.0 Å². The summed E-state index contributed by atoms with van der Waals surface area (Å²) < 4.78 is 5.50. The summed E-state index contributed by atoms with van der Waals surface area (Å²) >= 11 is 0. The summed E-state index contributed by atoms with van der Waals surface area (Å²) in [6.45, 7) is 0.762. The van der Waals surface area contributed by atoms with Crippen molar-refractivity contribution in [3.05, 3.63) is 11.8 Å². The van der Waals surface area contributed by atoms with Crippen LogP contribution in [0, 0.1) is 0 Å². The lowest BCUT2D eigenvalue weighted by atomic mass is 9.85. The number of hydrogen-bond donors (Lipinski definition) is 1. The summed E-state index contributed by atoms with van der Waals surface area (Å²) in [6.07, 6.45) is 10.9. The third-order valence-corrected chi connectivity index (χ3v) is 3.34. The van der Waals surface area contributed by atoms with Crippen molar-refractivity contribution >= 4 is 0 Å². The fraction of sp³-hybridized carbons (Fsp3) is 0.833. The van der Waals surface area contributed by atoms with Gasteiger partial charge in [-0.25, -0.2) is 0 Å². The minimum Gasteiger partial charge on any atom is -0.495 e. The summed E-state index contributed by atoms with van der Waals surface area (Å²) in [4.78, 5) is 0. The third-order valence-electron chi connectivity index (χ3n) is 3.34. The fourth-order valence-electron chi connectivity index (χ4n) is 2.48. The molecule has 2 heteroatoms. The van der Waals surface area contributed by atoms with Crippen LogP contribution in [0.15, 0.2) is 11.8 Å². The highest BCUT2D eigenvalue weighted by molar-refractivity contribution is 5.13. The molecule has 80 valence electrons. The molecule has 0 aromatic rings. The molecule has 1 heterocycles. The zero-order valence-corrected chi connectivity index (χ0v) is 8.80. The van der Waals surface area contributed by atoms with E-state index < -0.39 is 5.60 Å². The van der Waals surface area contributed by atoms with E-state index in [2.05, 4.69) is 6.08 Å². The Balaban J connectivity index is 2.02. The molecule has 0 spiro atoms. The highest BCUT2D eigenvalue weighted by atomic mass is 16.5. The van der Waals surface area contributed by atoms with Crippen LogP contribution in [0.2, 0.25) is 0 Å². The number of hydrogen-bond acceptors (Lipinski definition) is 2. The first kappa shape index (κ1) is 10.0. The van der Waals surface area contributed by atoms with Crippen molar-refractivity contribution in [3.8, 4) is 0 Å². The summed E-state index contributed by atoms with van der Waals surface area (Å²) in [5.41, 5.74) is -0.628. The maximum Gasteiger partial charge on any atom is 0.124 e. The second-order valence-electron chi connectivity index (χ2n) is 4.50. The second kappa shape index (κ2) is 4.35. The van der Waals surface area contributed by atoms with Gasteiger partial charge < -0.3 is 9.84 Å². The first-order valence-corrected chi connectivity index (χ1v) is 5.87. The molecule has 0 amide bonds. The van der Waals surface area contributed by atoms with Gasteiger partial charge in [-0.15, -0.1) is 0 Å². The predicted molar refractivity (Wildman–Crippen MR) is 55.9 cm³/mol. The smallest absolute Gasteiger partial charge is 0.124 e. The van der Waals surface area contributed by atoms with Crippen LogP contribution in [0.1, 0.15) is 51.4 Å². The lowest BCUT2D eigenvalue weighted by molar-refractivity contribution is -0.00152. The zero-order chi connectivity index (χ0) is 9.86. The molecule has 1 aliphatic carbocycles. The van der Waals surface area contributed by atoms with Crippen LogP contribution in [0.25, 0.3) is 0 Å². The van der Waals surface area contributed by atoms with Crippen molar-refractivity contribution in [2.45, 2.75) is 57.0 Å². The molecular formula is C12H20O2. The summed E-state index contributed by atoms with van der Waals surface area (Å²) in [7, 11) is 0. The molecule has 1 N–H and O–H groups in total. The van der Waals surface area contributed by atoms with E-state index >= 15 is 0 Å². The third kappa shape index (κ3) is 2.11. The van der Waals surface area contributed by atoms with Gasteiger partial charge in [0.1, 0.15) is 11.4 Å². The van der Waals surface area contributed by atoms with Crippen molar-refractivity contribution in [3.63, 3.8) is 0 Å². The normalized spacial score (nSPS) is 27.4. The Bertz CT molecular complexity index is 212. The van der Waals surface area contributed by atoms with Gasteiger partial charge >= 0.3 is 0 Å². The highest BCUT2D eigenvalue weighted by Crippen LogP contribution is 2.34. The first-order chi connectivity index (χ1) is 6.81. The summed E-state index contributed by atoms with van der Waals surface area (Å²) in [6, 6.07) is 0. The molecule has 0 bridgehead atoms. The first-order valence-electron chi connectivity index (χ1n) is 5.87. The maximum atomic E-state index is 10.5. The lowest BCUT2D eigenvalue weighted by Crippen LogP contribution is -2.32. The zero-order valence-electron chi connectivity index (χ0n) is 8.80. The molecule has 0 atom stereocenters. The molecule has 1 fully saturated rings. The number of ether oxygens (including phenoxy) is 1.